The fourth-order valence-corrected chi connectivity index (χ4v) is 3.84. The molecule has 0 aromatic carbocycles. The Morgan fingerprint density at radius 3 is 3.08 bits per heavy atom. The Morgan fingerprint density at radius 1 is 1.38 bits per heavy atom. The Kier molecular flexibility index (Phi) is 2.79. The Morgan fingerprint density at radius 2 is 2.25 bits per heavy atom. The smallest absolute Gasteiger partial charge is 0.242 e. The summed E-state index contributed by atoms with van der Waals surface area (Å²) in [5, 5.41) is 5.48. The van der Waals surface area contributed by atoms with Crippen LogP contribution in [-0.4, -0.2) is 49.2 Å². The first-order valence-corrected chi connectivity index (χ1v) is 8.53. The summed E-state index contributed by atoms with van der Waals surface area (Å²) in [7, 11) is 0. The minimum atomic E-state index is -0.586. The van der Waals surface area contributed by atoms with Gasteiger partial charge < -0.3 is 15.7 Å². The summed E-state index contributed by atoms with van der Waals surface area (Å²) >= 11 is 0. The van der Waals surface area contributed by atoms with Crippen molar-refractivity contribution in [3.05, 3.63) is 24.7 Å². The van der Waals surface area contributed by atoms with Crippen LogP contribution in [0.15, 0.2) is 24.7 Å². The zero-order valence-corrected chi connectivity index (χ0v) is 13.4. The lowest BCUT2D eigenvalue weighted by Crippen LogP contribution is -2.49. The van der Waals surface area contributed by atoms with E-state index in [1.54, 1.807) is 6.20 Å². The summed E-state index contributed by atoms with van der Waals surface area (Å²) in [4.78, 5) is 23.2. The van der Waals surface area contributed by atoms with E-state index < -0.39 is 5.54 Å². The van der Waals surface area contributed by atoms with Crippen LogP contribution in [-0.2, 0) is 4.79 Å². The van der Waals surface area contributed by atoms with E-state index in [1.165, 1.54) is 0 Å². The van der Waals surface area contributed by atoms with Crippen molar-refractivity contribution in [1.29, 1.82) is 0 Å². The van der Waals surface area contributed by atoms with Crippen molar-refractivity contribution < 1.29 is 4.79 Å². The van der Waals surface area contributed by atoms with Crippen molar-refractivity contribution in [2.45, 2.75) is 37.3 Å². The SMILES string of the molecule is NC1(C(=O)N2CCC[C@H](n3[nH]cc4cnc5nccc5c43)C2)CC1. The lowest BCUT2D eigenvalue weighted by molar-refractivity contribution is -0.135. The number of nitrogens with two attached hydrogens (primary N) is 1. The van der Waals surface area contributed by atoms with E-state index in [0.717, 1.165) is 54.2 Å². The van der Waals surface area contributed by atoms with Gasteiger partial charge in [0, 0.05) is 42.5 Å². The molecule has 1 aliphatic heterocycles. The number of aromatic nitrogens is 4. The molecule has 3 aromatic heterocycles. The maximum absolute atomic E-state index is 12.6. The number of H-pyrrole nitrogens is 1. The second kappa shape index (κ2) is 4.80. The standard InChI is InChI=1S/C17H20N6O/c18-17(4-5-17)16(24)22-7-1-2-12(10-22)23-14-11(9-21-23)8-20-15-13(14)3-6-19-15/h3,6,8-9,12,21H,1-2,4-5,7,10,18H2/t12-/m0/s1. The molecule has 5 rings (SSSR count). The van der Waals surface area contributed by atoms with Crippen molar-refractivity contribution in [3.63, 3.8) is 0 Å². The third kappa shape index (κ3) is 1.97. The maximum Gasteiger partial charge on any atom is 0.242 e. The van der Waals surface area contributed by atoms with Gasteiger partial charge in [0.1, 0.15) is 0 Å². The third-order valence-electron chi connectivity index (χ3n) is 5.40. The fourth-order valence-electron chi connectivity index (χ4n) is 3.84. The van der Waals surface area contributed by atoms with Crippen molar-refractivity contribution >= 4 is 27.8 Å². The molecule has 2 fully saturated rings. The molecule has 2 aliphatic rings. The first kappa shape index (κ1) is 14.0. The summed E-state index contributed by atoms with van der Waals surface area (Å²) in [6.07, 6.45) is 9.28. The summed E-state index contributed by atoms with van der Waals surface area (Å²) in [6, 6.07) is 2.22. The molecule has 7 nitrogen and oxygen atoms in total. The summed E-state index contributed by atoms with van der Waals surface area (Å²) in [6.45, 7) is 1.51. The van der Waals surface area contributed by atoms with E-state index in [1.807, 2.05) is 23.4 Å². The molecule has 124 valence electrons. The maximum atomic E-state index is 12.6. The molecular weight excluding hydrogens is 304 g/mol. The highest BCUT2D eigenvalue weighted by Gasteiger charge is 2.48. The van der Waals surface area contributed by atoms with Gasteiger partial charge in [0.25, 0.3) is 0 Å². The molecular formula is C17H20N6O. The highest BCUT2D eigenvalue weighted by molar-refractivity contribution is 6.02. The van der Waals surface area contributed by atoms with E-state index in [2.05, 4.69) is 19.7 Å². The highest BCUT2D eigenvalue weighted by atomic mass is 16.2. The lowest BCUT2D eigenvalue weighted by atomic mass is 10.0. The monoisotopic (exact) mass is 324 g/mol. The fraction of sp³-hybridized carbons (Fsp3) is 0.471. The van der Waals surface area contributed by atoms with Gasteiger partial charge in [-0.25, -0.2) is 9.97 Å². The molecule has 1 amide bonds. The van der Waals surface area contributed by atoms with Crippen LogP contribution in [0.4, 0.5) is 0 Å². The van der Waals surface area contributed by atoms with E-state index in [9.17, 15) is 4.79 Å². The Hall–Kier alpha value is -2.41. The first-order valence-electron chi connectivity index (χ1n) is 8.53. The van der Waals surface area contributed by atoms with E-state index >= 15 is 0 Å². The predicted molar refractivity (Wildman–Crippen MR) is 90.4 cm³/mol. The molecule has 0 radical (unpaired) electrons. The number of hydrogen-bond acceptors (Lipinski definition) is 4. The number of piperidine rings is 1. The number of nitrogens with zero attached hydrogens (tertiary/aromatic N) is 4. The van der Waals surface area contributed by atoms with E-state index in [-0.39, 0.29) is 11.9 Å². The minimum Gasteiger partial charge on any atom is -0.339 e. The minimum absolute atomic E-state index is 0.116. The van der Waals surface area contributed by atoms with E-state index in [4.69, 9.17) is 5.73 Å². The molecule has 4 heterocycles. The number of likely N-dealkylation sites (tertiary alicyclic amines) is 1. The molecule has 1 saturated carbocycles. The average Bonchev–Trinajstić information content (AvgIpc) is 3.03. The van der Waals surface area contributed by atoms with Gasteiger partial charge in [0.2, 0.25) is 5.91 Å². The molecule has 1 saturated heterocycles. The molecule has 0 unspecified atom stereocenters. The number of rotatable bonds is 2. The number of fused-ring (bicyclic) bond motifs is 3. The van der Waals surface area contributed by atoms with Gasteiger partial charge >= 0.3 is 0 Å². The van der Waals surface area contributed by atoms with Crippen LogP contribution in [0.2, 0.25) is 0 Å². The summed E-state index contributed by atoms with van der Waals surface area (Å²) in [5.74, 6) is 0.116. The number of nitrogens with one attached hydrogen (secondary N) is 1. The van der Waals surface area contributed by atoms with Gasteiger partial charge in [-0.1, -0.05) is 0 Å². The van der Waals surface area contributed by atoms with Crippen molar-refractivity contribution in [2.24, 2.45) is 5.73 Å². The van der Waals surface area contributed by atoms with Gasteiger partial charge in [-0.05, 0) is 31.7 Å². The van der Waals surface area contributed by atoms with Crippen molar-refractivity contribution in [3.8, 4) is 0 Å². The predicted octanol–water partition coefficient (Wildman–Crippen LogP) is 1.57. The van der Waals surface area contributed by atoms with Crippen LogP contribution >= 0.6 is 0 Å². The van der Waals surface area contributed by atoms with Crippen molar-refractivity contribution in [2.75, 3.05) is 13.1 Å². The topological polar surface area (TPSA) is 92.8 Å². The van der Waals surface area contributed by atoms with Crippen LogP contribution in [0.25, 0.3) is 21.9 Å². The summed E-state index contributed by atoms with van der Waals surface area (Å²) < 4.78 is 2.18. The van der Waals surface area contributed by atoms with Gasteiger partial charge in [0.15, 0.2) is 5.65 Å². The molecule has 0 bridgehead atoms. The number of amides is 1. The Bertz CT molecular complexity index is 937. The highest BCUT2D eigenvalue weighted by Crippen LogP contribution is 2.36. The van der Waals surface area contributed by atoms with Crippen LogP contribution in [0.1, 0.15) is 31.7 Å². The molecule has 3 N–H and O–H groups in total. The van der Waals surface area contributed by atoms with Crippen LogP contribution < -0.4 is 5.73 Å². The molecule has 24 heavy (non-hydrogen) atoms. The second-order valence-corrected chi connectivity index (χ2v) is 7.09. The average molecular weight is 324 g/mol. The number of carbonyl (C=O) groups is 1. The van der Waals surface area contributed by atoms with Crippen molar-refractivity contribution in [1.82, 2.24) is 24.6 Å². The Balaban J connectivity index is 1.52. The first-order chi connectivity index (χ1) is 11.7. The van der Waals surface area contributed by atoms with E-state index in [0.29, 0.717) is 6.54 Å². The number of hydrogen-bond donors (Lipinski definition) is 2. The van der Waals surface area contributed by atoms with Gasteiger partial charge in [-0.15, -0.1) is 0 Å². The van der Waals surface area contributed by atoms with Crippen LogP contribution in [0.3, 0.4) is 0 Å². The van der Waals surface area contributed by atoms with Gasteiger partial charge in [-0.3, -0.25) is 9.48 Å². The molecule has 0 spiro atoms. The van der Waals surface area contributed by atoms with Crippen LogP contribution in [0.5, 0.6) is 0 Å². The van der Waals surface area contributed by atoms with Crippen LogP contribution in [0, 0.1) is 0 Å². The van der Waals surface area contributed by atoms with Gasteiger partial charge in [0.05, 0.1) is 17.1 Å². The molecule has 1 atom stereocenters. The third-order valence-corrected chi connectivity index (χ3v) is 5.40. The lowest BCUT2D eigenvalue weighted by Gasteiger charge is -2.35. The number of pyridine rings is 1. The number of carbonyl (C=O) groups excluding carboxylic acids is 1. The number of aromatic amines is 1. The quantitative estimate of drug-likeness (QED) is 0.748. The zero-order chi connectivity index (χ0) is 16.3. The molecule has 1 aliphatic carbocycles. The second-order valence-electron chi connectivity index (χ2n) is 7.09. The molecule has 7 heteroatoms. The molecule has 3 aromatic rings. The summed E-state index contributed by atoms with van der Waals surface area (Å²) in [5.41, 5.74) is 7.41. The Labute approximate surface area is 138 Å². The normalized spacial score (nSPS) is 23.0. The zero-order valence-electron chi connectivity index (χ0n) is 13.4. The van der Waals surface area contributed by atoms with Gasteiger partial charge in [-0.2, -0.15) is 0 Å². The largest absolute Gasteiger partial charge is 0.339 e.